The summed E-state index contributed by atoms with van der Waals surface area (Å²) in [5, 5.41) is 14.1. The number of aryl methyl sites for hydroxylation is 1. The Balaban J connectivity index is 1.54. The molecular weight excluding hydrogens is 270 g/mol. The van der Waals surface area contributed by atoms with Crippen molar-refractivity contribution in [1.82, 2.24) is 10.2 Å². The van der Waals surface area contributed by atoms with E-state index >= 15 is 0 Å². The SMILES string of the molecule is O=C(CCc1cccc([N+](=O)[O-])c1)N1C[C@H]2CNC[C@H]2C1. The van der Waals surface area contributed by atoms with Gasteiger partial charge in [0.05, 0.1) is 4.92 Å². The molecule has 0 saturated carbocycles. The second kappa shape index (κ2) is 5.81. The smallest absolute Gasteiger partial charge is 0.269 e. The molecule has 2 atom stereocenters. The van der Waals surface area contributed by atoms with Crippen molar-refractivity contribution < 1.29 is 9.72 Å². The number of non-ortho nitro benzene ring substituents is 1. The summed E-state index contributed by atoms with van der Waals surface area (Å²) in [6.45, 7) is 3.73. The summed E-state index contributed by atoms with van der Waals surface area (Å²) in [5.41, 5.74) is 0.931. The lowest BCUT2D eigenvalue weighted by Crippen LogP contribution is -2.31. The predicted octanol–water partition coefficient (Wildman–Crippen LogP) is 1.21. The number of nitro groups is 1. The summed E-state index contributed by atoms with van der Waals surface area (Å²) in [5.74, 6) is 1.37. The Morgan fingerprint density at radius 2 is 2.05 bits per heavy atom. The summed E-state index contributed by atoms with van der Waals surface area (Å²) >= 11 is 0. The van der Waals surface area contributed by atoms with Gasteiger partial charge in [-0.1, -0.05) is 12.1 Å². The van der Waals surface area contributed by atoms with Crippen LogP contribution in [0, 0.1) is 22.0 Å². The van der Waals surface area contributed by atoms with Crippen molar-refractivity contribution in [2.45, 2.75) is 12.8 Å². The van der Waals surface area contributed by atoms with Crippen molar-refractivity contribution in [2.75, 3.05) is 26.2 Å². The number of carbonyl (C=O) groups is 1. The van der Waals surface area contributed by atoms with Crippen LogP contribution < -0.4 is 5.32 Å². The van der Waals surface area contributed by atoms with Gasteiger partial charge in [-0.2, -0.15) is 0 Å². The minimum Gasteiger partial charge on any atom is -0.342 e. The largest absolute Gasteiger partial charge is 0.342 e. The Hall–Kier alpha value is -1.95. The highest BCUT2D eigenvalue weighted by atomic mass is 16.6. The molecule has 2 heterocycles. The van der Waals surface area contributed by atoms with Gasteiger partial charge in [0.25, 0.3) is 5.69 Å². The number of hydrogen-bond acceptors (Lipinski definition) is 4. The van der Waals surface area contributed by atoms with E-state index in [-0.39, 0.29) is 11.6 Å². The number of likely N-dealkylation sites (tertiary alicyclic amines) is 1. The first-order chi connectivity index (χ1) is 10.1. The van der Waals surface area contributed by atoms with Gasteiger partial charge in [-0.25, -0.2) is 0 Å². The Labute approximate surface area is 123 Å². The second-order valence-corrected chi connectivity index (χ2v) is 5.90. The molecule has 2 fully saturated rings. The van der Waals surface area contributed by atoms with Gasteiger partial charge in [0.1, 0.15) is 0 Å². The van der Waals surface area contributed by atoms with Gasteiger partial charge in [0, 0.05) is 44.7 Å². The highest BCUT2D eigenvalue weighted by molar-refractivity contribution is 5.76. The number of fused-ring (bicyclic) bond motifs is 1. The van der Waals surface area contributed by atoms with Gasteiger partial charge < -0.3 is 10.2 Å². The van der Waals surface area contributed by atoms with E-state index in [9.17, 15) is 14.9 Å². The van der Waals surface area contributed by atoms with E-state index in [2.05, 4.69) is 5.32 Å². The van der Waals surface area contributed by atoms with E-state index in [0.717, 1.165) is 31.7 Å². The van der Waals surface area contributed by atoms with Gasteiger partial charge in [-0.15, -0.1) is 0 Å². The lowest BCUT2D eigenvalue weighted by Gasteiger charge is -2.17. The van der Waals surface area contributed by atoms with Crippen LogP contribution in [-0.2, 0) is 11.2 Å². The Morgan fingerprint density at radius 1 is 1.33 bits per heavy atom. The molecule has 0 unspecified atom stereocenters. The lowest BCUT2D eigenvalue weighted by atomic mass is 10.0. The Morgan fingerprint density at radius 3 is 2.71 bits per heavy atom. The minimum atomic E-state index is -0.403. The summed E-state index contributed by atoms with van der Waals surface area (Å²) in [4.78, 5) is 24.5. The number of benzene rings is 1. The maximum Gasteiger partial charge on any atom is 0.269 e. The molecule has 0 bridgehead atoms. The average molecular weight is 289 g/mol. The number of nitro benzene ring substituents is 1. The first-order valence-electron chi connectivity index (χ1n) is 7.35. The molecule has 1 amide bonds. The maximum atomic E-state index is 12.2. The van der Waals surface area contributed by atoms with Crippen LogP contribution >= 0.6 is 0 Å². The molecule has 0 radical (unpaired) electrons. The maximum absolute atomic E-state index is 12.2. The van der Waals surface area contributed by atoms with Crippen LogP contribution in [0.5, 0.6) is 0 Å². The van der Waals surface area contributed by atoms with Crippen LogP contribution in [0.25, 0.3) is 0 Å². The Bertz CT molecular complexity index is 549. The van der Waals surface area contributed by atoms with E-state index in [4.69, 9.17) is 0 Å². The fourth-order valence-corrected chi connectivity index (χ4v) is 3.29. The standard InChI is InChI=1S/C15H19N3O3/c19-15(17-9-12-7-16-8-13(12)10-17)5-4-11-2-1-3-14(6-11)18(20)21/h1-3,6,12-13,16H,4-5,7-10H2/t12-,13+. The highest BCUT2D eigenvalue weighted by Gasteiger charge is 2.37. The zero-order chi connectivity index (χ0) is 14.8. The molecule has 2 saturated heterocycles. The second-order valence-electron chi connectivity index (χ2n) is 5.90. The molecule has 1 N–H and O–H groups in total. The van der Waals surface area contributed by atoms with E-state index in [0.29, 0.717) is 24.7 Å². The summed E-state index contributed by atoms with van der Waals surface area (Å²) in [6.07, 6.45) is 0.985. The molecule has 0 aliphatic carbocycles. The topological polar surface area (TPSA) is 75.5 Å². The molecule has 6 heteroatoms. The monoisotopic (exact) mass is 289 g/mol. The van der Waals surface area contributed by atoms with E-state index in [1.54, 1.807) is 12.1 Å². The van der Waals surface area contributed by atoms with E-state index in [1.165, 1.54) is 6.07 Å². The Kier molecular flexibility index (Phi) is 3.88. The molecule has 21 heavy (non-hydrogen) atoms. The van der Waals surface area contributed by atoms with Gasteiger partial charge in [0.15, 0.2) is 0 Å². The summed E-state index contributed by atoms with van der Waals surface area (Å²) < 4.78 is 0. The van der Waals surface area contributed by atoms with Crippen LogP contribution in [0.4, 0.5) is 5.69 Å². The molecular formula is C15H19N3O3. The van der Waals surface area contributed by atoms with Crippen LogP contribution in [0.3, 0.4) is 0 Å². The quantitative estimate of drug-likeness (QED) is 0.667. The highest BCUT2D eigenvalue weighted by Crippen LogP contribution is 2.26. The molecule has 0 aromatic heterocycles. The first kappa shape index (κ1) is 14.0. The van der Waals surface area contributed by atoms with Crippen LogP contribution in [0.15, 0.2) is 24.3 Å². The number of nitrogens with one attached hydrogen (secondary N) is 1. The van der Waals surface area contributed by atoms with Crippen LogP contribution in [-0.4, -0.2) is 41.9 Å². The van der Waals surface area contributed by atoms with Gasteiger partial charge in [0.2, 0.25) is 5.91 Å². The van der Waals surface area contributed by atoms with Crippen molar-refractivity contribution >= 4 is 11.6 Å². The van der Waals surface area contributed by atoms with Gasteiger partial charge in [-0.3, -0.25) is 14.9 Å². The van der Waals surface area contributed by atoms with Crippen molar-refractivity contribution in [2.24, 2.45) is 11.8 Å². The molecule has 1 aromatic rings. The number of amides is 1. The third-order valence-electron chi connectivity index (χ3n) is 4.49. The molecule has 2 aliphatic heterocycles. The molecule has 6 nitrogen and oxygen atoms in total. The van der Waals surface area contributed by atoms with Crippen LogP contribution in [0.2, 0.25) is 0 Å². The normalized spacial score (nSPS) is 24.1. The fourth-order valence-electron chi connectivity index (χ4n) is 3.29. The predicted molar refractivity (Wildman–Crippen MR) is 77.8 cm³/mol. The van der Waals surface area contributed by atoms with Crippen molar-refractivity contribution in [1.29, 1.82) is 0 Å². The molecule has 112 valence electrons. The zero-order valence-electron chi connectivity index (χ0n) is 11.8. The number of rotatable bonds is 4. The van der Waals surface area contributed by atoms with Crippen molar-refractivity contribution in [3.63, 3.8) is 0 Å². The zero-order valence-corrected chi connectivity index (χ0v) is 11.8. The van der Waals surface area contributed by atoms with Gasteiger partial charge in [-0.05, 0) is 23.8 Å². The van der Waals surface area contributed by atoms with Gasteiger partial charge >= 0.3 is 0 Å². The number of nitrogens with zero attached hydrogens (tertiary/aromatic N) is 2. The van der Waals surface area contributed by atoms with E-state index in [1.807, 2.05) is 11.0 Å². The first-order valence-corrected chi connectivity index (χ1v) is 7.35. The fraction of sp³-hybridized carbons (Fsp3) is 0.533. The third kappa shape index (κ3) is 3.05. The molecule has 0 spiro atoms. The molecule has 1 aromatic carbocycles. The lowest BCUT2D eigenvalue weighted by molar-refractivity contribution is -0.384. The minimum absolute atomic E-state index is 0.0849. The summed E-state index contributed by atoms with van der Waals surface area (Å²) in [7, 11) is 0. The van der Waals surface area contributed by atoms with Crippen molar-refractivity contribution in [3.05, 3.63) is 39.9 Å². The number of hydrogen-bond donors (Lipinski definition) is 1. The molecule has 2 aliphatic rings. The van der Waals surface area contributed by atoms with E-state index < -0.39 is 4.92 Å². The van der Waals surface area contributed by atoms with Crippen molar-refractivity contribution in [3.8, 4) is 0 Å². The molecule has 3 rings (SSSR count). The summed E-state index contributed by atoms with van der Waals surface area (Å²) in [6, 6.07) is 6.53. The third-order valence-corrected chi connectivity index (χ3v) is 4.49. The van der Waals surface area contributed by atoms with Crippen LogP contribution in [0.1, 0.15) is 12.0 Å². The average Bonchev–Trinajstić information content (AvgIpc) is 3.06. The number of carbonyl (C=O) groups excluding carboxylic acids is 1.